The van der Waals surface area contributed by atoms with Gasteiger partial charge in [-0.25, -0.2) is 19.9 Å². The van der Waals surface area contributed by atoms with Gasteiger partial charge in [0.25, 0.3) is 0 Å². The average molecular weight is 577 g/mol. The lowest BCUT2D eigenvalue weighted by Gasteiger charge is -2.11. The number of rotatable bonds is 4. The van der Waals surface area contributed by atoms with Crippen LogP contribution in [0.25, 0.3) is 89.0 Å². The molecule has 5 heteroatoms. The summed E-state index contributed by atoms with van der Waals surface area (Å²) in [6, 6.07) is 49.4. The molecule has 0 atom stereocenters. The maximum Gasteiger partial charge on any atom is 0.164 e. The molecular formula is C40H24N4O. The van der Waals surface area contributed by atoms with E-state index in [1.54, 1.807) is 0 Å². The van der Waals surface area contributed by atoms with Crippen molar-refractivity contribution in [1.29, 1.82) is 0 Å². The van der Waals surface area contributed by atoms with E-state index in [2.05, 4.69) is 66.7 Å². The minimum absolute atomic E-state index is 0.562. The van der Waals surface area contributed by atoms with Gasteiger partial charge in [-0.05, 0) is 52.2 Å². The SMILES string of the molecule is c1ccc(-c2cc(-c3nc(-c4ccccc4)nc(-c4ccc5ccccc5c4)n3)c3c(c2)oc2cc4ccccc4nc23)cc1. The first-order valence-corrected chi connectivity index (χ1v) is 14.9. The summed E-state index contributed by atoms with van der Waals surface area (Å²) in [4.78, 5) is 20.3. The Morgan fingerprint density at radius 1 is 0.378 bits per heavy atom. The van der Waals surface area contributed by atoms with Crippen LogP contribution in [0.3, 0.4) is 0 Å². The topological polar surface area (TPSA) is 64.7 Å². The molecule has 0 unspecified atom stereocenters. The smallest absolute Gasteiger partial charge is 0.164 e. The average Bonchev–Trinajstić information content (AvgIpc) is 3.47. The molecule has 210 valence electrons. The van der Waals surface area contributed by atoms with Gasteiger partial charge in [-0.15, -0.1) is 0 Å². The monoisotopic (exact) mass is 576 g/mol. The van der Waals surface area contributed by atoms with E-state index in [0.29, 0.717) is 17.5 Å². The van der Waals surface area contributed by atoms with Crippen LogP contribution < -0.4 is 0 Å². The standard InChI is InChI=1S/C40H24N4O/c1-3-11-25(12-4-1)31-22-32(36-34(24-31)45-35-23-29-17-9-10-18-33(29)41-37(35)36)40-43-38(27-14-5-2-6-15-27)42-39(44-40)30-20-19-26-13-7-8-16-28(26)21-30/h1-24H. The number of pyridine rings is 1. The molecule has 9 rings (SSSR count). The fourth-order valence-electron chi connectivity index (χ4n) is 6.06. The second-order valence-electron chi connectivity index (χ2n) is 11.1. The normalized spacial score (nSPS) is 11.6. The van der Waals surface area contributed by atoms with Crippen LogP contribution in [0, 0.1) is 0 Å². The van der Waals surface area contributed by atoms with Gasteiger partial charge in [0.15, 0.2) is 23.1 Å². The number of para-hydroxylation sites is 1. The molecule has 5 nitrogen and oxygen atoms in total. The highest BCUT2D eigenvalue weighted by atomic mass is 16.3. The summed E-state index contributed by atoms with van der Waals surface area (Å²) in [5.74, 6) is 1.77. The second kappa shape index (κ2) is 10.2. The van der Waals surface area contributed by atoms with Gasteiger partial charge in [0, 0.05) is 22.1 Å². The van der Waals surface area contributed by atoms with Crippen LogP contribution in [0.5, 0.6) is 0 Å². The quantitative estimate of drug-likeness (QED) is 0.209. The van der Waals surface area contributed by atoms with E-state index in [-0.39, 0.29) is 0 Å². The highest BCUT2D eigenvalue weighted by Crippen LogP contribution is 2.40. The molecule has 0 saturated heterocycles. The maximum absolute atomic E-state index is 6.53. The lowest BCUT2D eigenvalue weighted by molar-refractivity contribution is 0.669. The third-order valence-corrected chi connectivity index (χ3v) is 8.27. The van der Waals surface area contributed by atoms with Gasteiger partial charge in [0.05, 0.1) is 10.9 Å². The molecule has 6 aromatic carbocycles. The van der Waals surface area contributed by atoms with Crippen molar-refractivity contribution in [2.45, 2.75) is 0 Å². The Kier molecular flexibility index (Phi) is 5.74. The van der Waals surface area contributed by atoms with Crippen molar-refractivity contribution in [1.82, 2.24) is 19.9 Å². The second-order valence-corrected chi connectivity index (χ2v) is 11.1. The van der Waals surface area contributed by atoms with Crippen molar-refractivity contribution in [3.05, 3.63) is 146 Å². The van der Waals surface area contributed by atoms with Gasteiger partial charge in [-0.2, -0.15) is 0 Å². The number of hydrogen-bond donors (Lipinski definition) is 0. The van der Waals surface area contributed by atoms with E-state index in [1.807, 2.05) is 78.9 Å². The third-order valence-electron chi connectivity index (χ3n) is 8.27. The molecule has 0 N–H and O–H groups in total. The fourth-order valence-corrected chi connectivity index (χ4v) is 6.06. The molecule has 0 spiro atoms. The molecular weight excluding hydrogens is 552 g/mol. The van der Waals surface area contributed by atoms with Crippen LogP contribution in [0.2, 0.25) is 0 Å². The molecule has 0 radical (unpaired) electrons. The molecule has 0 aliphatic rings. The van der Waals surface area contributed by atoms with Crippen molar-refractivity contribution in [3.8, 4) is 45.3 Å². The van der Waals surface area contributed by atoms with Crippen molar-refractivity contribution in [2.24, 2.45) is 0 Å². The van der Waals surface area contributed by atoms with Crippen molar-refractivity contribution >= 4 is 43.7 Å². The van der Waals surface area contributed by atoms with Gasteiger partial charge < -0.3 is 4.42 Å². The number of furan rings is 1. The summed E-state index contributed by atoms with van der Waals surface area (Å²) in [5.41, 5.74) is 7.92. The Labute approximate surface area is 258 Å². The van der Waals surface area contributed by atoms with E-state index in [0.717, 1.165) is 66.2 Å². The van der Waals surface area contributed by atoms with Crippen LogP contribution in [0.15, 0.2) is 150 Å². The van der Waals surface area contributed by atoms with Crippen LogP contribution in [0.4, 0.5) is 0 Å². The van der Waals surface area contributed by atoms with E-state index in [9.17, 15) is 0 Å². The molecule has 45 heavy (non-hydrogen) atoms. The minimum atomic E-state index is 0.562. The largest absolute Gasteiger partial charge is 0.454 e. The third kappa shape index (κ3) is 4.41. The number of hydrogen-bond acceptors (Lipinski definition) is 5. The zero-order valence-electron chi connectivity index (χ0n) is 24.1. The predicted molar refractivity (Wildman–Crippen MR) is 182 cm³/mol. The Bertz CT molecular complexity index is 2540. The molecule has 0 amide bonds. The molecule has 0 fully saturated rings. The van der Waals surface area contributed by atoms with Gasteiger partial charge in [0.1, 0.15) is 11.1 Å². The Balaban J connectivity index is 1.36. The molecule has 3 heterocycles. The van der Waals surface area contributed by atoms with Gasteiger partial charge >= 0.3 is 0 Å². The zero-order chi connectivity index (χ0) is 29.7. The first kappa shape index (κ1) is 25.3. The molecule has 3 aromatic heterocycles. The first-order chi connectivity index (χ1) is 22.3. The highest BCUT2D eigenvalue weighted by molar-refractivity contribution is 6.13. The van der Waals surface area contributed by atoms with Gasteiger partial charge in [0.2, 0.25) is 0 Å². The van der Waals surface area contributed by atoms with E-state index >= 15 is 0 Å². The summed E-state index contributed by atoms with van der Waals surface area (Å²) in [5, 5.41) is 4.20. The molecule has 9 aromatic rings. The zero-order valence-corrected chi connectivity index (χ0v) is 24.1. The van der Waals surface area contributed by atoms with Crippen molar-refractivity contribution in [3.63, 3.8) is 0 Å². The Hall–Kier alpha value is -6.20. The summed E-state index contributed by atoms with van der Waals surface area (Å²) in [6.07, 6.45) is 0. The number of aromatic nitrogens is 4. The molecule has 0 saturated carbocycles. The van der Waals surface area contributed by atoms with E-state index in [4.69, 9.17) is 24.4 Å². The lowest BCUT2D eigenvalue weighted by Crippen LogP contribution is -2.01. The molecule has 0 aliphatic heterocycles. The fraction of sp³-hybridized carbons (Fsp3) is 0. The Morgan fingerprint density at radius 3 is 1.82 bits per heavy atom. The number of benzene rings is 6. The Morgan fingerprint density at radius 2 is 1.02 bits per heavy atom. The van der Waals surface area contributed by atoms with Gasteiger partial charge in [-0.3, -0.25) is 0 Å². The number of nitrogens with zero attached hydrogens (tertiary/aromatic N) is 4. The predicted octanol–water partition coefficient (Wildman–Crippen LogP) is 10.1. The minimum Gasteiger partial charge on any atom is -0.454 e. The van der Waals surface area contributed by atoms with Crippen LogP contribution in [-0.2, 0) is 0 Å². The lowest BCUT2D eigenvalue weighted by atomic mass is 9.99. The molecule has 0 bridgehead atoms. The first-order valence-electron chi connectivity index (χ1n) is 14.9. The van der Waals surface area contributed by atoms with Crippen molar-refractivity contribution < 1.29 is 4.42 Å². The van der Waals surface area contributed by atoms with Gasteiger partial charge in [-0.1, -0.05) is 115 Å². The van der Waals surface area contributed by atoms with E-state index in [1.165, 1.54) is 5.39 Å². The van der Waals surface area contributed by atoms with Crippen molar-refractivity contribution in [2.75, 3.05) is 0 Å². The van der Waals surface area contributed by atoms with Crippen LogP contribution in [-0.4, -0.2) is 19.9 Å². The number of fused-ring (bicyclic) bond motifs is 5. The maximum atomic E-state index is 6.53. The van der Waals surface area contributed by atoms with Crippen LogP contribution >= 0.6 is 0 Å². The van der Waals surface area contributed by atoms with E-state index < -0.39 is 0 Å². The highest BCUT2D eigenvalue weighted by Gasteiger charge is 2.21. The summed E-state index contributed by atoms with van der Waals surface area (Å²) in [6.45, 7) is 0. The molecule has 0 aliphatic carbocycles. The summed E-state index contributed by atoms with van der Waals surface area (Å²) < 4.78 is 6.53. The summed E-state index contributed by atoms with van der Waals surface area (Å²) in [7, 11) is 0. The van der Waals surface area contributed by atoms with Crippen LogP contribution in [0.1, 0.15) is 0 Å². The summed E-state index contributed by atoms with van der Waals surface area (Å²) >= 11 is 0.